The molecule has 2 fully saturated rings. The molecule has 1 N–H and O–H groups in total. The van der Waals surface area contributed by atoms with E-state index in [9.17, 15) is 14.7 Å². The molecule has 28 heavy (non-hydrogen) atoms. The highest BCUT2D eigenvalue weighted by Gasteiger charge is 2.55. The SMILES string of the molecule is O=C(O)C1[C@H]2CCN(C(=O)OCC3c4ccccc4-c4ccccc43)CC[C@@H]12. The average molecular weight is 377 g/mol. The van der Waals surface area contributed by atoms with E-state index in [1.807, 2.05) is 24.3 Å². The number of amides is 1. The average Bonchev–Trinajstić information content (AvgIpc) is 3.37. The molecule has 0 aromatic heterocycles. The molecule has 144 valence electrons. The topological polar surface area (TPSA) is 66.8 Å². The number of benzene rings is 2. The van der Waals surface area contributed by atoms with E-state index in [1.165, 1.54) is 22.3 Å². The lowest BCUT2D eigenvalue weighted by molar-refractivity contribution is -0.139. The number of hydrogen-bond donors (Lipinski definition) is 1. The van der Waals surface area contributed by atoms with Crippen molar-refractivity contribution in [3.05, 3.63) is 59.7 Å². The van der Waals surface area contributed by atoms with Crippen molar-refractivity contribution in [1.29, 1.82) is 0 Å². The van der Waals surface area contributed by atoms with E-state index < -0.39 is 5.97 Å². The lowest BCUT2D eigenvalue weighted by atomic mass is 9.98. The Morgan fingerprint density at radius 3 is 2.00 bits per heavy atom. The molecule has 3 aliphatic rings. The summed E-state index contributed by atoms with van der Waals surface area (Å²) in [5, 5.41) is 9.21. The highest BCUT2D eigenvalue weighted by Crippen LogP contribution is 2.52. The van der Waals surface area contributed by atoms with E-state index in [1.54, 1.807) is 4.90 Å². The molecule has 1 aliphatic heterocycles. The van der Waals surface area contributed by atoms with Gasteiger partial charge in [0.05, 0.1) is 5.92 Å². The van der Waals surface area contributed by atoms with Gasteiger partial charge in [0.15, 0.2) is 0 Å². The Balaban J connectivity index is 1.25. The van der Waals surface area contributed by atoms with Gasteiger partial charge in [-0.3, -0.25) is 4.79 Å². The maximum atomic E-state index is 12.7. The largest absolute Gasteiger partial charge is 0.481 e. The first-order valence-corrected chi connectivity index (χ1v) is 9.98. The molecule has 1 saturated carbocycles. The van der Waals surface area contributed by atoms with Crippen molar-refractivity contribution in [1.82, 2.24) is 4.90 Å². The first-order chi connectivity index (χ1) is 13.6. The van der Waals surface area contributed by atoms with Crippen molar-refractivity contribution < 1.29 is 19.4 Å². The van der Waals surface area contributed by atoms with Gasteiger partial charge < -0.3 is 14.7 Å². The van der Waals surface area contributed by atoms with Gasteiger partial charge in [0.1, 0.15) is 6.61 Å². The predicted molar refractivity (Wildman–Crippen MR) is 104 cm³/mol. The smallest absolute Gasteiger partial charge is 0.409 e. The number of carboxylic acids is 1. The fourth-order valence-electron chi connectivity index (χ4n) is 5.19. The number of hydrogen-bond acceptors (Lipinski definition) is 3. The van der Waals surface area contributed by atoms with E-state index in [0.29, 0.717) is 19.7 Å². The number of aliphatic carboxylic acids is 1. The number of ether oxygens (including phenoxy) is 1. The highest BCUT2D eigenvalue weighted by atomic mass is 16.6. The molecule has 1 unspecified atom stereocenters. The number of nitrogens with zero attached hydrogens (tertiary/aromatic N) is 1. The van der Waals surface area contributed by atoms with Crippen molar-refractivity contribution in [3.63, 3.8) is 0 Å². The van der Waals surface area contributed by atoms with Crippen LogP contribution < -0.4 is 0 Å². The van der Waals surface area contributed by atoms with Crippen LogP contribution in [0.1, 0.15) is 29.9 Å². The van der Waals surface area contributed by atoms with Gasteiger partial charge in [-0.2, -0.15) is 0 Å². The molecule has 1 heterocycles. The molecular weight excluding hydrogens is 354 g/mol. The summed E-state index contributed by atoms with van der Waals surface area (Å²) < 4.78 is 5.73. The molecule has 5 nitrogen and oxygen atoms in total. The van der Waals surface area contributed by atoms with E-state index in [2.05, 4.69) is 24.3 Å². The fourth-order valence-corrected chi connectivity index (χ4v) is 5.19. The van der Waals surface area contributed by atoms with Crippen LogP contribution >= 0.6 is 0 Å². The van der Waals surface area contributed by atoms with Crippen molar-refractivity contribution in [2.24, 2.45) is 17.8 Å². The predicted octanol–water partition coefficient (Wildman–Crippen LogP) is 3.98. The second kappa shape index (κ2) is 6.66. The van der Waals surface area contributed by atoms with Gasteiger partial charge >= 0.3 is 12.1 Å². The minimum Gasteiger partial charge on any atom is -0.481 e. The summed E-state index contributed by atoms with van der Waals surface area (Å²) in [6.45, 7) is 1.50. The van der Waals surface area contributed by atoms with Gasteiger partial charge in [-0.1, -0.05) is 48.5 Å². The third-order valence-electron chi connectivity index (χ3n) is 6.68. The molecule has 2 aliphatic carbocycles. The summed E-state index contributed by atoms with van der Waals surface area (Å²) in [6, 6.07) is 16.6. The molecular formula is C23H23NO4. The van der Waals surface area contributed by atoms with Crippen LogP contribution in [-0.4, -0.2) is 41.8 Å². The number of fused-ring (bicyclic) bond motifs is 4. The van der Waals surface area contributed by atoms with Crippen LogP contribution in [0, 0.1) is 17.8 Å². The molecule has 5 heteroatoms. The molecule has 3 atom stereocenters. The third-order valence-corrected chi connectivity index (χ3v) is 6.68. The molecule has 5 rings (SSSR count). The Hall–Kier alpha value is -2.82. The van der Waals surface area contributed by atoms with Gasteiger partial charge in [-0.05, 0) is 46.9 Å². The summed E-state index contributed by atoms with van der Waals surface area (Å²) in [6.07, 6.45) is 1.23. The lowest BCUT2D eigenvalue weighted by Crippen LogP contribution is -2.34. The maximum absolute atomic E-state index is 12.7. The van der Waals surface area contributed by atoms with Crippen molar-refractivity contribution in [2.75, 3.05) is 19.7 Å². The monoisotopic (exact) mass is 377 g/mol. The maximum Gasteiger partial charge on any atom is 0.409 e. The van der Waals surface area contributed by atoms with Gasteiger partial charge in [0, 0.05) is 19.0 Å². The summed E-state index contributed by atoms with van der Waals surface area (Å²) in [5.41, 5.74) is 4.85. The van der Waals surface area contributed by atoms with E-state index >= 15 is 0 Å². The number of carboxylic acid groups (broad SMARTS) is 1. The van der Waals surface area contributed by atoms with Gasteiger partial charge in [-0.15, -0.1) is 0 Å². The van der Waals surface area contributed by atoms with E-state index in [4.69, 9.17) is 4.74 Å². The minimum atomic E-state index is -0.690. The van der Waals surface area contributed by atoms with Crippen molar-refractivity contribution in [2.45, 2.75) is 18.8 Å². The Labute approximate surface area is 163 Å². The first kappa shape index (κ1) is 17.3. The second-order valence-electron chi connectivity index (χ2n) is 8.06. The highest BCUT2D eigenvalue weighted by molar-refractivity contribution is 5.79. The Morgan fingerprint density at radius 2 is 1.46 bits per heavy atom. The van der Waals surface area contributed by atoms with Gasteiger partial charge in [-0.25, -0.2) is 4.79 Å². The summed E-state index contributed by atoms with van der Waals surface area (Å²) in [7, 11) is 0. The van der Waals surface area contributed by atoms with Gasteiger partial charge in [0.2, 0.25) is 0 Å². The molecule has 2 aromatic rings. The molecule has 2 aromatic carbocycles. The van der Waals surface area contributed by atoms with Crippen molar-refractivity contribution in [3.8, 4) is 11.1 Å². The van der Waals surface area contributed by atoms with Crippen LogP contribution in [-0.2, 0) is 9.53 Å². The summed E-state index contributed by atoms with van der Waals surface area (Å²) >= 11 is 0. The van der Waals surface area contributed by atoms with Crippen molar-refractivity contribution >= 4 is 12.1 Å². The Morgan fingerprint density at radius 1 is 0.929 bits per heavy atom. The van der Waals surface area contributed by atoms with E-state index in [0.717, 1.165) is 12.8 Å². The number of carbonyl (C=O) groups excluding carboxylic acids is 1. The van der Waals surface area contributed by atoms with Crippen LogP contribution in [0.15, 0.2) is 48.5 Å². The Kier molecular flexibility index (Phi) is 4.11. The quantitative estimate of drug-likeness (QED) is 0.879. The first-order valence-electron chi connectivity index (χ1n) is 9.98. The zero-order valence-corrected chi connectivity index (χ0v) is 15.6. The number of rotatable bonds is 3. The summed E-state index contributed by atoms with van der Waals surface area (Å²) in [4.78, 5) is 25.6. The minimum absolute atomic E-state index is 0.0631. The molecule has 0 radical (unpaired) electrons. The fraction of sp³-hybridized carbons (Fsp3) is 0.391. The van der Waals surface area contributed by atoms with Gasteiger partial charge in [0.25, 0.3) is 0 Å². The lowest BCUT2D eigenvalue weighted by Gasteiger charge is -2.22. The molecule has 0 bridgehead atoms. The molecule has 1 saturated heterocycles. The molecule has 0 spiro atoms. The Bertz CT molecular complexity index is 880. The normalized spacial score (nSPS) is 25.3. The number of likely N-dealkylation sites (tertiary alicyclic amines) is 1. The second-order valence-corrected chi connectivity index (χ2v) is 8.06. The third kappa shape index (κ3) is 2.77. The van der Waals surface area contributed by atoms with Crippen LogP contribution in [0.5, 0.6) is 0 Å². The van der Waals surface area contributed by atoms with Crippen LogP contribution in [0.25, 0.3) is 11.1 Å². The zero-order chi connectivity index (χ0) is 19.3. The number of carbonyl (C=O) groups is 2. The van der Waals surface area contributed by atoms with Crippen LogP contribution in [0.4, 0.5) is 4.79 Å². The van der Waals surface area contributed by atoms with Crippen LogP contribution in [0.2, 0.25) is 0 Å². The van der Waals surface area contributed by atoms with E-state index in [-0.39, 0.29) is 29.8 Å². The standard InChI is InChI=1S/C23H23NO4/c25-22(26)21-18-9-11-24(12-10-19(18)21)23(27)28-13-20-16-7-3-1-5-14(16)15-6-2-4-8-17(15)20/h1-8,18-21H,9-13H2,(H,25,26)/t18-,19+,21?. The van der Waals surface area contributed by atoms with Crippen LogP contribution in [0.3, 0.4) is 0 Å². The zero-order valence-electron chi connectivity index (χ0n) is 15.6. The summed E-state index contributed by atoms with van der Waals surface area (Å²) in [5.74, 6) is -0.379. The molecule has 1 amide bonds.